The number of anilines is 1. The summed E-state index contributed by atoms with van der Waals surface area (Å²) in [5.41, 5.74) is 2.06. The first-order valence-electron chi connectivity index (χ1n) is 8.12. The van der Waals surface area contributed by atoms with E-state index in [2.05, 4.69) is 15.3 Å². The lowest BCUT2D eigenvalue weighted by molar-refractivity contribution is -0.117. The molecule has 0 aliphatic carbocycles. The van der Waals surface area contributed by atoms with Gasteiger partial charge in [0.15, 0.2) is 0 Å². The number of hydrogen-bond donors (Lipinski definition) is 1. The van der Waals surface area contributed by atoms with Crippen LogP contribution >= 0.6 is 0 Å². The van der Waals surface area contributed by atoms with Gasteiger partial charge in [-0.15, -0.1) is 0 Å². The molecule has 3 aromatic rings. The van der Waals surface area contributed by atoms with Crippen LogP contribution in [0.2, 0.25) is 0 Å². The first-order chi connectivity index (χ1) is 12.7. The molecule has 0 fully saturated rings. The fraction of sp³-hybridized carbons (Fsp3) is 0.150. The Morgan fingerprint density at radius 3 is 2.54 bits per heavy atom. The molecule has 0 saturated heterocycles. The third kappa shape index (κ3) is 4.42. The molecular formula is C20H18FN3O2. The molecular weight excluding hydrogens is 333 g/mol. The highest BCUT2D eigenvalue weighted by atomic mass is 19.1. The Balaban J connectivity index is 1.83. The monoisotopic (exact) mass is 351 g/mol. The molecule has 0 spiro atoms. The lowest BCUT2D eigenvalue weighted by Gasteiger charge is -2.17. The van der Waals surface area contributed by atoms with Crippen molar-refractivity contribution in [3.63, 3.8) is 0 Å². The van der Waals surface area contributed by atoms with Gasteiger partial charge in [0.25, 0.3) is 0 Å². The van der Waals surface area contributed by atoms with Gasteiger partial charge in [-0.1, -0.05) is 18.2 Å². The Hall–Kier alpha value is -3.28. The van der Waals surface area contributed by atoms with Crippen molar-refractivity contribution >= 4 is 11.6 Å². The Morgan fingerprint density at radius 2 is 1.92 bits per heavy atom. The summed E-state index contributed by atoms with van der Waals surface area (Å²) < 4.78 is 18.3. The van der Waals surface area contributed by atoms with Crippen LogP contribution in [0.5, 0.6) is 5.88 Å². The number of carbonyl (C=O) groups excluding carboxylic acids is 1. The second kappa shape index (κ2) is 8.20. The Labute approximate surface area is 150 Å². The molecule has 1 atom stereocenters. The van der Waals surface area contributed by atoms with Gasteiger partial charge in [0.2, 0.25) is 11.8 Å². The zero-order valence-electron chi connectivity index (χ0n) is 14.2. The minimum Gasteiger partial charge on any atom is -0.481 e. The van der Waals surface area contributed by atoms with Crippen LogP contribution in [0, 0.1) is 5.82 Å². The summed E-state index contributed by atoms with van der Waals surface area (Å²) in [7, 11) is 1.53. The summed E-state index contributed by atoms with van der Waals surface area (Å²) in [5.74, 6) is -0.599. The van der Waals surface area contributed by atoms with E-state index in [9.17, 15) is 9.18 Å². The van der Waals surface area contributed by atoms with Crippen LogP contribution in [0.1, 0.15) is 17.2 Å². The molecule has 1 amide bonds. The third-order valence-corrected chi connectivity index (χ3v) is 3.94. The zero-order valence-corrected chi connectivity index (χ0v) is 14.2. The molecule has 0 aliphatic heterocycles. The summed E-state index contributed by atoms with van der Waals surface area (Å²) >= 11 is 0. The molecule has 2 aromatic heterocycles. The first-order valence-corrected chi connectivity index (χ1v) is 8.12. The van der Waals surface area contributed by atoms with E-state index in [1.807, 2.05) is 18.2 Å². The van der Waals surface area contributed by atoms with E-state index in [-0.39, 0.29) is 11.7 Å². The standard InChI is InChI=1S/C20H18FN3O2/c1-26-19-10-9-17(13-23-19)24-20(25)18(12-16-4-2-3-11-22-16)14-5-7-15(21)8-6-14/h2-11,13,18H,12H2,1H3,(H,24,25). The van der Waals surface area contributed by atoms with Gasteiger partial charge in [0.1, 0.15) is 5.82 Å². The molecule has 132 valence electrons. The van der Waals surface area contributed by atoms with Gasteiger partial charge in [-0.05, 0) is 35.9 Å². The first kappa shape index (κ1) is 17.5. The van der Waals surface area contributed by atoms with E-state index < -0.39 is 5.92 Å². The smallest absolute Gasteiger partial charge is 0.232 e. The molecule has 6 heteroatoms. The van der Waals surface area contributed by atoms with Crippen molar-refractivity contribution < 1.29 is 13.9 Å². The maximum atomic E-state index is 13.3. The molecule has 0 bridgehead atoms. The third-order valence-electron chi connectivity index (χ3n) is 3.94. The van der Waals surface area contributed by atoms with Crippen LogP contribution in [0.3, 0.4) is 0 Å². The highest BCUT2D eigenvalue weighted by Gasteiger charge is 2.22. The number of nitrogens with zero attached hydrogens (tertiary/aromatic N) is 2. The number of methoxy groups -OCH3 is 1. The fourth-order valence-electron chi connectivity index (χ4n) is 2.59. The highest BCUT2D eigenvalue weighted by Crippen LogP contribution is 2.23. The molecule has 3 rings (SSSR count). The maximum Gasteiger partial charge on any atom is 0.232 e. The number of ether oxygens (including phenoxy) is 1. The van der Waals surface area contributed by atoms with E-state index in [1.165, 1.54) is 25.4 Å². The van der Waals surface area contributed by atoms with Crippen LogP contribution in [0.15, 0.2) is 67.0 Å². The Morgan fingerprint density at radius 1 is 1.12 bits per heavy atom. The Kier molecular flexibility index (Phi) is 5.53. The molecule has 0 saturated carbocycles. The number of pyridine rings is 2. The predicted molar refractivity (Wildman–Crippen MR) is 96.5 cm³/mol. The average Bonchev–Trinajstić information content (AvgIpc) is 2.68. The highest BCUT2D eigenvalue weighted by molar-refractivity contribution is 5.95. The van der Waals surface area contributed by atoms with Crippen molar-refractivity contribution in [1.82, 2.24) is 9.97 Å². The van der Waals surface area contributed by atoms with E-state index in [4.69, 9.17) is 4.74 Å². The van der Waals surface area contributed by atoms with Gasteiger partial charge in [-0.2, -0.15) is 0 Å². The van der Waals surface area contributed by atoms with E-state index in [0.717, 1.165) is 11.3 Å². The van der Waals surface area contributed by atoms with Crippen LogP contribution < -0.4 is 10.1 Å². The topological polar surface area (TPSA) is 64.1 Å². The number of halogens is 1. The number of amides is 1. The normalized spacial score (nSPS) is 11.6. The quantitative estimate of drug-likeness (QED) is 0.737. The predicted octanol–water partition coefficient (Wildman–Crippen LogP) is 3.59. The van der Waals surface area contributed by atoms with Crippen LogP contribution in [-0.4, -0.2) is 23.0 Å². The van der Waals surface area contributed by atoms with Crippen molar-refractivity contribution in [3.8, 4) is 5.88 Å². The van der Waals surface area contributed by atoms with Gasteiger partial charge in [-0.3, -0.25) is 9.78 Å². The summed E-state index contributed by atoms with van der Waals surface area (Å²) in [4.78, 5) is 21.2. The summed E-state index contributed by atoms with van der Waals surface area (Å²) in [6, 6.07) is 14.9. The van der Waals surface area contributed by atoms with Crippen molar-refractivity contribution in [1.29, 1.82) is 0 Å². The number of aromatic nitrogens is 2. The van der Waals surface area contributed by atoms with Crippen molar-refractivity contribution in [2.75, 3.05) is 12.4 Å². The Bertz CT molecular complexity index is 852. The maximum absolute atomic E-state index is 13.3. The number of benzene rings is 1. The molecule has 5 nitrogen and oxygen atoms in total. The summed E-state index contributed by atoms with van der Waals surface area (Å²) in [6.45, 7) is 0. The molecule has 0 radical (unpaired) electrons. The lowest BCUT2D eigenvalue weighted by Crippen LogP contribution is -2.23. The molecule has 26 heavy (non-hydrogen) atoms. The lowest BCUT2D eigenvalue weighted by atomic mass is 9.93. The van der Waals surface area contributed by atoms with Gasteiger partial charge in [0, 0.05) is 24.4 Å². The SMILES string of the molecule is COc1ccc(NC(=O)C(Cc2ccccn2)c2ccc(F)cc2)cn1. The van der Waals surface area contributed by atoms with Gasteiger partial charge < -0.3 is 10.1 Å². The van der Waals surface area contributed by atoms with Crippen molar-refractivity contribution in [2.24, 2.45) is 0 Å². The number of rotatable bonds is 6. The van der Waals surface area contributed by atoms with Gasteiger partial charge in [-0.25, -0.2) is 9.37 Å². The average molecular weight is 351 g/mol. The summed E-state index contributed by atoms with van der Waals surface area (Å²) in [5, 5.41) is 2.85. The fourth-order valence-corrected chi connectivity index (χ4v) is 2.59. The number of hydrogen-bond acceptors (Lipinski definition) is 4. The zero-order chi connectivity index (χ0) is 18.4. The van der Waals surface area contributed by atoms with E-state index in [0.29, 0.717) is 18.0 Å². The van der Waals surface area contributed by atoms with Crippen molar-refractivity contribution in [2.45, 2.75) is 12.3 Å². The molecule has 1 N–H and O–H groups in total. The van der Waals surface area contributed by atoms with E-state index >= 15 is 0 Å². The van der Waals surface area contributed by atoms with Crippen LogP contribution in [-0.2, 0) is 11.2 Å². The minimum atomic E-state index is -0.507. The number of carbonyl (C=O) groups is 1. The largest absolute Gasteiger partial charge is 0.481 e. The van der Waals surface area contributed by atoms with Crippen LogP contribution in [0.25, 0.3) is 0 Å². The van der Waals surface area contributed by atoms with Gasteiger partial charge in [0.05, 0.1) is 24.9 Å². The van der Waals surface area contributed by atoms with Crippen molar-refractivity contribution in [3.05, 3.63) is 84.1 Å². The van der Waals surface area contributed by atoms with E-state index in [1.54, 1.807) is 30.5 Å². The molecule has 1 unspecified atom stereocenters. The molecule has 2 heterocycles. The van der Waals surface area contributed by atoms with Gasteiger partial charge >= 0.3 is 0 Å². The second-order valence-electron chi connectivity index (χ2n) is 5.71. The summed E-state index contributed by atoms with van der Waals surface area (Å²) in [6.07, 6.45) is 3.61. The second-order valence-corrected chi connectivity index (χ2v) is 5.71. The minimum absolute atomic E-state index is 0.214. The van der Waals surface area contributed by atoms with Crippen LogP contribution in [0.4, 0.5) is 10.1 Å². The number of nitrogens with one attached hydrogen (secondary N) is 1. The molecule has 1 aromatic carbocycles. The molecule has 0 aliphatic rings.